The van der Waals surface area contributed by atoms with Gasteiger partial charge in [0, 0.05) is 9.65 Å². The van der Waals surface area contributed by atoms with E-state index in [4.69, 9.17) is 11.6 Å². The van der Waals surface area contributed by atoms with Crippen molar-refractivity contribution in [3.05, 3.63) is 0 Å². The Labute approximate surface area is 149 Å². The van der Waals surface area contributed by atoms with Crippen LogP contribution in [-0.4, -0.2) is 41.7 Å². The van der Waals surface area contributed by atoms with Crippen molar-refractivity contribution in [3.63, 3.8) is 0 Å². The predicted octanol–water partition coefficient (Wildman–Crippen LogP) is 3.79. The molecule has 0 amide bonds. The molecule has 124 valence electrons. The van der Waals surface area contributed by atoms with E-state index in [2.05, 4.69) is 31.9 Å². The fourth-order valence-electron chi connectivity index (χ4n) is 2.78. The van der Waals surface area contributed by atoms with Crippen LogP contribution in [0.4, 0.5) is 0 Å². The van der Waals surface area contributed by atoms with E-state index in [0.29, 0.717) is 12.8 Å². The smallest absolute Gasteiger partial charge is 0.161 e. The van der Waals surface area contributed by atoms with Crippen LogP contribution in [0.1, 0.15) is 53.4 Å². The second kappa shape index (κ2) is 6.76. The molecule has 1 aliphatic rings. The summed E-state index contributed by atoms with van der Waals surface area (Å²) in [5.74, 6) is -0.410. The largest absolute Gasteiger partial charge is 0.389 e. The molecule has 0 bridgehead atoms. The van der Waals surface area contributed by atoms with Crippen LogP contribution in [0.5, 0.6) is 0 Å². The van der Waals surface area contributed by atoms with Gasteiger partial charge in [-0.25, -0.2) is 0 Å². The summed E-state index contributed by atoms with van der Waals surface area (Å²) in [7, 11) is 0. The predicted molar refractivity (Wildman–Crippen MR) is 93.6 cm³/mol. The van der Waals surface area contributed by atoms with E-state index in [0.717, 1.165) is 6.42 Å². The third kappa shape index (κ3) is 4.66. The molecule has 0 aromatic rings. The van der Waals surface area contributed by atoms with E-state index < -0.39 is 11.2 Å². The molecule has 1 rings (SSSR count). The van der Waals surface area contributed by atoms with Crippen LogP contribution < -0.4 is 0 Å². The second-order valence-electron chi connectivity index (χ2n) is 7.02. The van der Waals surface area contributed by atoms with Crippen LogP contribution in [0.3, 0.4) is 0 Å². The maximum Gasteiger partial charge on any atom is 0.161 e. The number of Topliss-reactive ketones (excluding diaryl/α,β-unsaturated/α-hetero) is 1. The number of alkyl halides is 3. The maximum atomic E-state index is 12.1. The molecule has 0 saturated heterocycles. The minimum Gasteiger partial charge on any atom is -0.389 e. The highest BCUT2D eigenvalue weighted by Crippen LogP contribution is 2.46. The molecule has 5 unspecified atom stereocenters. The Bertz CT molecular complexity index is 395. The highest BCUT2D eigenvalue weighted by atomic mass is 79.9. The summed E-state index contributed by atoms with van der Waals surface area (Å²) in [5.41, 5.74) is -2.44. The van der Waals surface area contributed by atoms with Gasteiger partial charge < -0.3 is 10.2 Å². The van der Waals surface area contributed by atoms with Gasteiger partial charge in [-0.3, -0.25) is 4.79 Å². The number of rotatable bonds is 5. The number of carbonyl (C=O) groups is 1. The summed E-state index contributed by atoms with van der Waals surface area (Å²) in [5, 5.41) is 21.0. The van der Waals surface area contributed by atoms with E-state index in [9.17, 15) is 15.0 Å². The van der Waals surface area contributed by atoms with Gasteiger partial charge in [-0.2, -0.15) is 0 Å². The summed E-state index contributed by atoms with van der Waals surface area (Å²) < 4.78 is 0. The van der Waals surface area contributed by atoms with Gasteiger partial charge >= 0.3 is 0 Å². The molecule has 0 aromatic carbocycles. The maximum absolute atomic E-state index is 12.1. The van der Waals surface area contributed by atoms with Crippen LogP contribution in [0, 0.1) is 5.92 Å². The van der Waals surface area contributed by atoms with Gasteiger partial charge in [-0.1, -0.05) is 31.9 Å². The SMILES string of the molecule is CC(=O)C(O)(CC(Br)C(C)(C)O)C1CCC(C)(Cl)C(Br)C1. The normalized spacial score (nSPS) is 35.1. The summed E-state index contributed by atoms with van der Waals surface area (Å²) in [4.78, 5) is 11.4. The Hall–Kier alpha value is 0.840. The zero-order chi connectivity index (χ0) is 16.6. The molecule has 1 fully saturated rings. The molecular weight excluding hydrogens is 423 g/mol. The molecule has 6 heteroatoms. The van der Waals surface area contributed by atoms with E-state index in [1.54, 1.807) is 13.8 Å². The fraction of sp³-hybridized carbons (Fsp3) is 0.933. The molecule has 0 heterocycles. The van der Waals surface area contributed by atoms with Gasteiger partial charge in [-0.15, -0.1) is 11.6 Å². The summed E-state index contributed by atoms with van der Waals surface area (Å²) in [6, 6.07) is 0. The highest BCUT2D eigenvalue weighted by molar-refractivity contribution is 9.09. The number of aliphatic hydroxyl groups is 2. The number of hydrogen-bond acceptors (Lipinski definition) is 3. The summed E-state index contributed by atoms with van der Waals surface area (Å²) in [6.45, 7) is 6.72. The first-order valence-electron chi connectivity index (χ1n) is 7.23. The first-order chi connectivity index (χ1) is 9.30. The van der Waals surface area contributed by atoms with Crippen molar-refractivity contribution >= 4 is 49.2 Å². The summed E-state index contributed by atoms with van der Waals surface area (Å²) in [6.07, 6.45) is 2.26. The van der Waals surface area contributed by atoms with Crippen LogP contribution in [0.15, 0.2) is 0 Å². The standard InChI is InChI=1S/C15H25Br2ClO3/c1-9(19)15(21,8-12(17)13(2,3)20)10-5-6-14(4,18)11(16)7-10/h10-12,20-21H,5-8H2,1-4H3. The van der Waals surface area contributed by atoms with Gasteiger partial charge in [0.15, 0.2) is 5.78 Å². The molecule has 0 aromatic heterocycles. The first kappa shape index (κ1) is 19.9. The number of halogens is 3. The third-order valence-corrected chi connectivity index (χ3v) is 8.21. The zero-order valence-corrected chi connectivity index (χ0v) is 16.9. The van der Waals surface area contributed by atoms with Gasteiger partial charge in [0.1, 0.15) is 5.60 Å². The van der Waals surface area contributed by atoms with Crippen molar-refractivity contribution in [1.29, 1.82) is 0 Å². The van der Waals surface area contributed by atoms with E-state index in [1.807, 2.05) is 6.92 Å². The molecule has 21 heavy (non-hydrogen) atoms. The van der Waals surface area contributed by atoms with Gasteiger partial charge in [-0.05, 0) is 59.3 Å². The second-order valence-corrected chi connectivity index (χ2v) is 10.1. The molecule has 2 N–H and O–H groups in total. The average molecular weight is 449 g/mol. The minimum atomic E-state index is -1.44. The van der Waals surface area contributed by atoms with Crippen molar-refractivity contribution in [1.82, 2.24) is 0 Å². The molecule has 1 aliphatic carbocycles. The van der Waals surface area contributed by atoms with Crippen LogP contribution in [0.25, 0.3) is 0 Å². The first-order valence-corrected chi connectivity index (χ1v) is 9.44. The zero-order valence-electron chi connectivity index (χ0n) is 13.0. The molecule has 3 nitrogen and oxygen atoms in total. The van der Waals surface area contributed by atoms with Gasteiger partial charge in [0.2, 0.25) is 0 Å². The molecule has 0 radical (unpaired) electrons. The lowest BCUT2D eigenvalue weighted by Gasteiger charge is -2.45. The molecule has 1 saturated carbocycles. The topological polar surface area (TPSA) is 57.5 Å². The Kier molecular flexibility index (Phi) is 6.40. The number of hydrogen-bond donors (Lipinski definition) is 2. The van der Waals surface area contributed by atoms with E-state index in [-0.39, 0.29) is 32.7 Å². The molecule has 0 aliphatic heterocycles. The van der Waals surface area contributed by atoms with Crippen molar-refractivity contribution in [2.24, 2.45) is 5.92 Å². The summed E-state index contributed by atoms with van der Waals surface area (Å²) >= 11 is 13.4. The number of carbonyl (C=O) groups excluding carboxylic acids is 1. The van der Waals surface area contributed by atoms with E-state index >= 15 is 0 Å². The number of ketones is 1. The fourth-order valence-corrected chi connectivity index (χ4v) is 4.15. The monoisotopic (exact) mass is 446 g/mol. The van der Waals surface area contributed by atoms with Crippen molar-refractivity contribution in [3.8, 4) is 0 Å². The van der Waals surface area contributed by atoms with Crippen LogP contribution in [0.2, 0.25) is 0 Å². The minimum absolute atomic E-state index is 0.0483. The molecule has 5 atom stereocenters. The van der Waals surface area contributed by atoms with Crippen molar-refractivity contribution in [2.75, 3.05) is 0 Å². The lowest BCUT2D eigenvalue weighted by atomic mass is 9.69. The lowest BCUT2D eigenvalue weighted by molar-refractivity contribution is -0.145. The lowest BCUT2D eigenvalue weighted by Crippen LogP contribution is -2.53. The Morgan fingerprint density at radius 1 is 1.48 bits per heavy atom. The van der Waals surface area contributed by atoms with Crippen molar-refractivity contribution in [2.45, 2.75) is 79.1 Å². The van der Waals surface area contributed by atoms with Crippen LogP contribution in [-0.2, 0) is 4.79 Å². The third-order valence-electron chi connectivity index (χ3n) is 4.67. The Morgan fingerprint density at radius 3 is 2.38 bits per heavy atom. The molecular formula is C15H25Br2ClO3. The Morgan fingerprint density at radius 2 is 2.00 bits per heavy atom. The van der Waals surface area contributed by atoms with Crippen molar-refractivity contribution < 1.29 is 15.0 Å². The van der Waals surface area contributed by atoms with Crippen LogP contribution >= 0.6 is 43.5 Å². The van der Waals surface area contributed by atoms with E-state index in [1.165, 1.54) is 6.92 Å². The average Bonchev–Trinajstić information content (AvgIpc) is 2.30. The molecule has 0 spiro atoms. The quantitative estimate of drug-likeness (QED) is 0.629. The van der Waals surface area contributed by atoms with Gasteiger partial charge in [0.25, 0.3) is 0 Å². The van der Waals surface area contributed by atoms with Gasteiger partial charge in [0.05, 0.1) is 10.5 Å². The Balaban J connectivity index is 2.94. The highest BCUT2D eigenvalue weighted by Gasteiger charge is 2.49.